The lowest BCUT2D eigenvalue weighted by molar-refractivity contribution is -0.139. The third-order valence-corrected chi connectivity index (χ3v) is 3.42. The zero-order valence-electron chi connectivity index (χ0n) is 10.4. The molecule has 0 aromatic heterocycles. The minimum absolute atomic E-state index is 0.136. The smallest absolute Gasteiger partial charge is 0.305 e. The topological polar surface area (TPSA) is 40.5 Å². The van der Waals surface area contributed by atoms with E-state index < -0.39 is 5.97 Å². The van der Waals surface area contributed by atoms with Crippen LogP contribution in [0.1, 0.15) is 25.8 Å². The van der Waals surface area contributed by atoms with Gasteiger partial charge in [-0.25, -0.2) is 0 Å². The summed E-state index contributed by atoms with van der Waals surface area (Å²) in [6, 6.07) is 8.05. The second-order valence-electron chi connectivity index (χ2n) is 4.87. The second kappa shape index (κ2) is 5.65. The Morgan fingerprint density at radius 1 is 1.47 bits per heavy atom. The summed E-state index contributed by atoms with van der Waals surface area (Å²) in [7, 11) is 1.95. The molecular formula is C13H18BrNO2. The molecule has 0 aliphatic heterocycles. The van der Waals surface area contributed by atoms with Crippen LogP contribution >= 0.6 is 15.9 Å². The van der Waals surface area contributed by atoms with Crippen LogP contribution in [0.4, 0.5) is 0 Å². The van der Waals surface area contributed by atoms with E-state index in [0.717, 1.165) is 11.0 Å². The van der Waals surface area contributed by atoms with Crippen molar-refractivity contribution in [2.24, 2.45) is 0 Å². The Morgan fingerprint density at radius 3 is 2.65 bits per heavy atom. The summed E-state index contributed by atoms with van der Waals surface area (Å²) in [6.07, 6.45) is 0.136. The fourth-order valence-corrected chi connectivity index (χ4v) is 2.07. The Morgan fingerprint density at radius 2 is 2.12 bits per heavy atom. The van der Waals surface area contributed by atoms with Gasteiger partial charge in [0.15, 0.2) is 0 Å². The monoisotopic (exact) mass is 299 g/mol. The molecule has 0 saturated heterocycles. The van der Waals surface area contributed by atoms with E-state index in [1.54, 1.807) is 0 Å². The van der Waals surface area contributed by atoms with Gasteiger partial charge in [0.25, 0.3) is 0 Å². The van der Waals surface area contributed by atoms with Crippen molar-refractivity contribution >= 4 is 21.9 Å². The van der Waals surface area contributed by atoms with E-state index in [0.29, 0.717) is 0 Å². The maximum atomic E-state index is 10.8. The van der Waals surface area contributed by atoms with Crippen LogP contribution in [-0.2, 0) is 11.3 Å². The van der Waals surface area contributed by atoms with Gasteiger partial charge in [0.2, 0.25) is 0 Å². The number of aliphatic carboxylic acids is 1. The van der Waals surface area contributed by atoms with Gasteiger partial charge in [0, 0.05) is 16.6 Å². The van der Waals surface area contributed by atoms with E-state index in [4.69, 9.17) is 5.11 Å². The minimum atomic E-state index is -0.768. The Kier molecular flexibility index (Phi) is 4.71. The van der Waals surface area contributed by atoms with Crippen LogP contribution in [-0.4, -0.2) is 28.6 Å². The molecule has 1 N–H and O–H groups in total. The van der Waals surface area contributed by atoms with Crippen molar-refractivity contribution in [3.8, 4) is 0 Å². The molecule has 0 spiro atoms. The fourth-order valence-electron chi connectivity index (χ4n) is 1.63. The molecule has 0 aliphatic rings. The third kappa shape index (κ3) is 4.48. The van der Waals surface area contributed by atoms with Gasteiger partial charge in [0.1, 0.15) is 0 Å². The molecule has 0 fully saturated rings. The van der Waals surface area contributed by atoms with Crippen molar-refractivity contribution in [3.63, 3.8) is 0 Å². The lowest BCUT2D eigenvalue weighted by Gasteiger charge is -2.34. The van der Waals surface area contributed by atoms with Crippen LogP contribution in [0.5, 0.6) is 0 Å². The highest BCUT2D eigenvalue weighted by Gasteiger charge is 2.26. The summed E-state index contributed by atoms with van der Waals surface area (Å²) in [5, 5.41) is 8.87. The van der Waals surface area contributed by atoms with Crippen molar-refractivity contribution in [3.05, 3.63) is 34.3 Å². The number of carboxylic acids is 1. The first-order valence-corrected chi connectivity index (χ1v) is 6.28. The van der Waals surface area contributed by atoms with Crippen LogP contribution in [0.2, 0.25) is 0 Å². The Hall–Kier alpha value is -0.870. The van der Waals surface area contributed by atoms with Gasteiger partial charge in [-0.05, 0) is 38.6 Å². The van der Waals surface area contributed by atoms with E-state index in [1.807, 2.05) is 45.2 Å². The normalized spacial score (nSPS) is 11.8. The van der Waals surface area contributed by atoms with E-state index >= 15 is 0 Å². The SMILES string of the molecule is CN(Cc1cccc(Br)c1)C(C)(C)CC(=O)O. The Bertz CT molecular complexity index is 404. The summed E-state index contributed by atoms with van der Waals surface area (Å²) in [5.74, 6) is -0.768. The minimum Gasteiger partial charge on any atom is -0.481 e. The lowest BCUT2D eigenvalue weighted by Crippen LogP contribution is -2.42. The number of hydrogen-bond donors (Lipinski definition) is 1. The van der Waals surface area contributed by atoms with Gasteiger partial charge in [-0.15, -0.1) is 0 Å². The van der Waals surface area contributed by atoms with Gasteiger partial charge >= 0.3 is 5.97 Å². The van der Waals surface area contributed by atoms with Gasteiger partial charge in [-0.1, -0.05) is 28.1 Å². The summed E-state index contributed by atoms with van der Waals surface area (Å²) >= 11 is 3.43. The average Bonchev–Trinajstić information content (AvgIpc) is 2.15. The molecule has 0 radical (unpaired) electrons. The molecule has 1 rings (SSSR count). The lowest BCUT2D eigenvalue weighted by atomic mass is 9.98. The number of hydrogen-bond acceptors (Lipinski definition) is 2. The van der Waals surface area contributed by atoms with Gasteiger partial charge in [-0.3, -0.25) is 9.69 Å². The molecule has 17 heavy (non-hydrogen) atoms. The first-order chi connectivity index (χ1) is 7.81. The molecule has 94 valence electrons. The Balaban J connectivity index is 2.71. The molecule has 0 aliphatic carbocycles. The average molecular weight is 300 g/mol. The largest absolute Gasteiger partial charge is 0.481 e. The predicted octanol–water partition coefficient (Wildman–Crippen LogP) is 3.13. The predicted molar refractivity (Wildman–Crippen MR) is 71.9 cm³/mol. The summed E-state index contributed by atoms with van der Waals surface area (Å²) in [6.45, 7) is 4.62. The quantitative estimate of drug-likeness (QED) is 0.908. The van der Waals surface area contributed by atoms with Gasteiger partial charge in [-0.2, -0.15) is 0 Å². The number of halogens is 1. The maximum Gasteiger partial charge on any atom is 0.305 e. The molecule has 0 heterocycles. The van der Waals surface area contributed by atoms with Crippen molar-refractivity contribution in [2.45, 2.75) is 32.4 Å². The molecule has 0 bridgehead atoms. The molecule has 1 aromatic rings. The van der Waals surface area contributed by atoms with Crippen molar-refractivity contribution in [2.75, 3.05) is 7.05 Å². The van der Waals surface area contributed by atoms with E-state index in [-0.39, 0.29) is 12.0 Å². The highest BCUT2D eigenvalue weighted by molar-refractivity contribution is 9.10. The molecule has 0 amide bonds. The maximum absolute atomic E-state index is 10.8. The highest BCUT2D eigenvalue weighted by Crippen LogP contribution is 2.21. The fraction of sp³-hybridized carbons (Fsp3) is 0.462. The number of benzene rings is 1. The molecule has 4 heteroatoms. The highest BCUT2D eigenvalue weighted by atomic mass is 79.9. The van der Waals surface area contributed by atoms with Crippen molar-refractivity contribution < 1.29 is 9.90 Å². The van der Waals surface area contributed by atoms with Crippen molar-refractivity contribution in [1.82, 2.24) is 4.90 Å². The molecular weight excluding hydrogens is 282 g/mol. The Labute approximate surface area is 111 Å². The summed E-state index contributed by atoms with van der Waals surface area (Å²) < 4.78 is 1.04. The number of rotatable bonds is 5. The zero-order valence-corrected chi connectivity index (χ0v) is 12.0. The van der Waals surface area contributed by atoms with Crippen LogP contribution in [0, 0.1) is 0 Å². The first kappa shape index (κ1) is 14.2. The second-order valence-corrected chi connectivity index (χ2v) is 5.78. The van der Waals surface area contributed by atoms with E-state index in [2.05, 4.69) is 20.8 Å². The van der Waals surface area contributed by atoms with Crippen LogP contribution < -0.4 is 0 Å². The van der Waals surface area contributed by atoms with Gasteiger partial charge in [0.05, 0.1) is 6.42 Å². The number of carbonyl (C=O) groups is 1. The molecule has 1 aromatic carbocycles. The summed E-state index contributed by atoms with van der Waals surface area (Å²) in [4.78, 5) is 12.9. The van der Waals surface area contributed by atoms with Crippen LogP contribution in [0.25, 0.3) is 0 Å². The zero-order chi connectivity index (χ0) is 13.1. The summed E-state index contributed by atoms with van der Waals surface area (Å²) in [5.41, 5.74) is 0.814. The molecule has 3 nitrogen and oxygen atoms in total. The standard InChI is InChI=1S/C13H18BrNO2/c1-13(2,8-12(16)17)15(3)9-10-5-4-6-11(14)7-10/h4-7H,8-9H2,1-3H3,(H,16,17). The molecule has 0 atom stereocenters. The first-order valence-electron chi connectivity index (χ1n) is 5.49. The van der Waals surface area contributed by atoms with Crippen LogP contribution in [0.3, 0.4) is 0 Å². The number of carboxylic acid groups (broad SMARTS) is 1. The van der Waals surface area contributed by atoms with Crippen molar-refractivity contribution in [1.29, 1.82) is 0 Å². The van der Waals surface area contributed by atoms with Gasteiger partial charge < -0.3 is 5.11 Å². The van der Waals surface area contributed by atoms with Crippen LogP contribution in [0.15, 0.2) is 28.7 Å². The third-order valence-electron chi connectivity index (χ3n) is 2.93. The number of nitrogens with zero attached hydrogens (tertiary/aromatic N) is 1. The van der Waals surface area contributed by atoms with E-state index in [1.165, 1.54) is 5.56 Å². The molecule has 0 unspecified atom stereocenters. The molecule has 0 saturated carbocycles. The van der Waals surface area contributed by atoms with E-state index in [9.17, 15) is 4.79 Å².